The molecule has 90 valence electrons. The topological polar surface area (TPSA) is 0 Å². The van der Waals surface area contributed by atoms with Crippen LogP contribution in [-0.2, 0) is 0 Å². The summed E-state index contributed by atoms with van der Waals surface area (Å²) in [4.78, 5) is 0. The Labute approximate surface area is 90.2 Å². The normalized spacial score (nSPS) is 25.6. The van der Waals surface area contributed by atoms with E-state index in [1.807, 2.05) is 0 Å². The molecule has 1 saturated carbocycles. The van der Waals surface area contributed by atoms with Gasteiger partial charge in [0.15, 0.2) is 0 Å². The SMILES string of the molecule is CC(C)C1(C(F)(F)F)CCC(C)(C)CC1. The Morgan fingerprint density at radius 1 is 0.933 bits per heavy atom. The molecular formula is C12H21F3. The molecule has 0 aromatic rings. The van der Waals surface area contributed by atoms with Gasteiger partial charge in [0, 0.05) is 0 Å². The first kappa shape index (κ1) is 12.9. The zero-order valence-corrected chi connectivity index (χ0v) is 10.0. The predicted octanol–water partition coefficient (Wildman–Crippen LogP) is 4.79. The molecule has 0 bridgehead atoms. The van der Waals surface area contributed by atoms with Crippen molar-refractivity contribution in [2.45, 2.75) is 59.6 Å². The lowest BCUT2D eigenvalue weighted by Crippen LogP contribution is -2.46. The van der Waals surface area contributed by atoms with Gasteiger partial charge in [-0.1, -0.05) is 27.7 Å². The van der Waals surface area contributed by atoms with E-state index in [1.54, 1.807) is 13.8 Å². The van der Waals surface area contributed by atoms with Crippen molar-refractivity contribution in [3.8, 4) is 0 Å². The molecule has 0 radical (unpaired) electrons. The Kier molecular flexibility index (Phi) is 3.15. The standard InChI is InChI=1S/C12H21F3/c1-9(2)11(12(13,14)15)7-5-10(3,4)6-8-11/h9H,5-8H2,1-4H3. The Hall–Kier alpha value is -0.210. The maximum atomic E-state index is 13.1. The van der Waals surface area contributed by atoms with Gasteiger partial charge in [-0.05, 0) is 37.0 Å². The molecule has 0 nitrogen and oxygen atoms in total. The molecule has 0 spiro atoms. The zero-order valence-electron chi connectivity index (χ0n) is 10.0. The van der Waals surface area contributed by atoms with Gasteiger partial charge in [0.25, 0.3) is 0 Å². The molecular weight excluding hydrogens is 201 g/mol. The number of alkyl halides is 3. The monoisotopic (exact) mass is 222 g/mol. The molecule has 0 heterocycles. The average molecular weight is 222 g/mol. The van der Waals surface area contributed by atoms with Crippen LogP contribution in [0.25, 0.3) is 0 Å². The minimum absolute atomic E-state index is 0.0869. The fourth-order valence-corrected chi connectivity index (χ4v) is 2.56. The van der Waals surface area contributed by atoms with Crippen LogP contribution >= 0.6 is 0 Å². The lowest BCUT2D eigenvalue weighted by atomic mass is 9.60. The van der Waals surface area contributed by atoms with Crippen molar-refractivity contribution in [3.63, 3.8) is 0 Å². The van der Waals surface area contributed by atoms with Gasteiger partial charge >= 0.3 is 6.18 Å². The molecule has 0 aromatic carbocycles. The maximum Gasteiger partial charge on any atom is 0.394 e. The van der Waals surface area contributed by atoms with E-state index in [-0.39, 0.29) is 11.3 Å². The van der Waals surface area contributed by atoms with E-state index in [2.05, 4.69) is 13.8 Å². The Bertz CT molecular complexity index is 216. The third kappa shape index (κ3) is 2.31. The molecule has 0 amide bonds. The summed E-state index contributed by atoms with van der Waals surface area (Å²) < 4.78 is 39.3. The quantitative estimate of drug-likeness (QED) is 0.598. The first-order valence-electron chi connectivity index (χ1n) is 5.67. The van der Waals surface area contributed by atoms with Crippen LogP contribution in [0.4, 0.5) is 13.2 Å². The van der Waals surface area contributed by atoms with E-state index in [0.29, 0.717) is 25.7 Å². The maximum absolute atomic E-state index is 13.1. The van der Waals surface area contributed by atoms with E-state index in [9.17, 15) is 13.2 Å². The summed E-state index contributed by atoms with van der Waals surface area (Å²) in [5.41, 5.74) is -1.34. The molecule has 3 heteroatoms. The minimum Gasteiger partial charge on any atom is -0.170 e. The van der Waals surface area contributed by atoms with Crippen molar-refractivity contribution >= 4 is 0 Å². The second-order valence-electron chi connectivity index (χ2n) is 5.97. The van der Waals surface area contributed by atoms with Gasteiger partial charge in [0.1, 0.15) is 0 Å². The van der Waals surface area contributed by atoms with Crippen molar-refractivity contribution in [2.75, 3.05) is 0 Å². The van der Waals surface area contributed by atoms with Gasteiger partial charge < -0.3 is 0 Å². The minimum atomic E-state index is -4.04. The van der Waals surface area contributed by atoms with E-state index >= 15 is 0 Å². The third-order valence-electron chi connectivity index (χ3n) is 4.17. The first-order chi connectivity index (χ1) is 6.61. The van der Waals surface area contributed by atoms with Crippen LogP contribution in [0, 0.1) is 16.7 Å². The van der Waals surface area contributed by atoms with Crippen molar-refractivity contribution in [3.05, 3.63) is 0 Å². The summed E-state index contributed by atoms with van der Waals surface area (Å²) >= 11 is 0. The molecule has 0 unspecified atom stereocenters. The molecule has 1 aliphatic rings. The van der Waals surface area contributed by atoms with Crippen LogP contribution in [0.15, 0.2) is 0 Å². The van der Waals surface area contributed by atoms with Crippen LogP contribution < -0.4 is 0 Å². The first-order valence-corrected chi connectivity index (χ1v) is 5.67. The Morgan fingerprint density at radius 3 is 1.60 bits per heavy atom. The second-order valence-corrected chi connectivity index (χ2v) is 5.97. The van der Waals surface area contributed by atoms with Gasteiger partial charge in [0.05, 0.1) is 5.41 Å². The average Bonchev–Trinajstić information content (AvgIpc) is 2.01. The summed E-state index contributed by atoms with van der Waals surface area (Å²) in [6, 6.07) is 0. The van der Waals surface area contributed by atoms with E-state index < -0.39 is 11.6 Å². The third-order valence-corrected chi connectivity index (χ3v) is 4.17. The lowest BCUT2D eigenvalue weighted by molar-refractivity contribution is -0.255. The van der Waals surface area contributed by atoms with Crippen LogP contribution in [0.2, 0.25) is 0 Å². The van der Waals surface area contributed by atoms with Crippen molar-refractivity contribution in [2.24, 2.45) is 16.7 Å². The molecule has 15 heavy (non-hydrogen) atoms. The Morgan fingerprint density at radius 2 is 1.33 bits per heavy atom. The highest BCUT2D eigenvalue weighted by Crippen LogP contribution is 2.56. The van der Waals surface area contributed by atoms with Gasteiger partial charge in [-0.15, -0.1) is 0 Å². The summed E-state index contributed by atoms with van der Waals surface area (Å²) in [6.45, 7) is 7.53. The number of halogens is 3. The van der Waals surface area contributed by atoms with Crippen LogP contribution in [0.1, 0.15) is 53.4 Å². The smallest absolute Gasteiger partial charge is 0.170 e. The molecule has 1 fully saturated rings. The summed E-state index contributed by atoms with van der Waals surface area (Å²) in [7, 11) is 0. The second kappa shape index (κ2) is 3.67. The summed E-state index contributed by atoms with van der Waals surface area (Å²) in [5, 5.41) is 0. The lowest BCUT2D eigenvalue weighted by Gasteiger charge is -2.47. The van der Waals surface area contributed by atoms with Crippen LogP contribution in [0.3, 0.4) is 0 Å². The van der Waals surface area contributed by atoms with Crippen molar-refractivity contribution in [1.29, 1.82) is 0 Å². The number of rotatable bonds is 1. The molecule has 0 aliphatic heterocycles. The van der Waals surface area contributed by atoms with Gasteiger partial charge in [-0.3, -0.25) is 0 Å². The summed E-state index contributed by atoms with van der Waals surface area (Å²) in [6.07, 6.45) is -2.09. The fourth-order valence-electron chi connectivity index (χ4n) is 2.56. The van der Waals surface area contributed by atoms with Crippen LogP contribution in [0.5, 0.6) is 0 Å². The largest absolute Gasteiger partial charge is 0.394 e. The molecule has 0 aromatic heterocycles. The molecule has 1 aliphatic carbocycles. The highest BCUT2D eigenvalue weighted by atomic mass is 19.4. The molecule has 0 N–H and O–H groups in total. The zero-order chi connectivity index (χ0) is 11.9. The predicted molar refractivity (Wildman–Crippen MR) is 55.6 cm³/mol. The van der Waals surface area contributed by atoms with E-state index in [1.165, 1.54) is 0 Å². The van der Waals surface area contributed by atoms with E-state index in [0.717, 1.165) is 0 Å². The Balaban J connectivity index is 2.89. The van der Waals surface area contributed by atoms with Gasteiger partial charge in [0.2, 0.25) is 0 Å². The molecule has 0 atom stereocenters. The highest BCUT2D eigenvalue weighted by Gasteiger charge is 2.57. The van der Waals surface area contributed by atoms with Gasteiger partial charge in [-0.2, -0.15) is 13.2 Å². The number of hydrogen-bond acceptors (Lipinski definition) is 0. The van der Waals surface area contributed by atoms with Crippen molar-refractivity contribution in [1.82, 2.24) is 0 Å². The fraction of sp³-hybridized carbons (Fsp3) is 1.00. The summed E-state index contributed by atoms with van der Waals surface area (Å²) in [5.74, 6) is -0.311. The highest BCUT2D eigenvalue weighted by molar-refractivity contribution is 4.95. The van der Waals surface area contributed by atoms with Crippen LogP contribution in [-0.4, -0.2) is 6.18 Å². The molecule has 1 rings (SSSR count). The van der Waals surface area contributed by atoms with Gasteiger partial charge in [-0.25, -0.2) is 0 Å². The molecule has 0 saturated heterocycles. The van der Waals surface area contributed by atoms with Crippen molar-refractivity contribution < 1.29 is 13.2 Å². The van der Waals surface area contributed by atoms with E-state index in [4.69, 9.17) is 0 Å². The number of hydrogen-bond donors (Lipinski definition) is 0.